The van der Waals surface area contributed by atoms with Crippen molar-refractivity contribution in [1.82, 2.24) is 4.98 Å². The third-order valence-corrected chi connectivity index (χ3v) is 1.90. The molecule has 0 aliphatic carbocycles. The van der Waals surface area contributed by atoms with Crippen LogP contribution in [0.15, 0.2) is 10.9 Å². The Kier molecular flexibility index (Phi) is 3.93. The number of aromatic amines is 1. The smallest absolute Gasteiger partial charge is 0.355 e. The summed E-state index contributed by atoms with van der Waals surface area (Å²) < 4.78 is 30.0. The number of halogens is 2. The van der Waals surface area contributed by atoms with Crippen LogP contribution in [0.1, 0.15) is 35.0 Å². The lowest BCUT2D eigenvalue weighted by molar-refractivity contribution is 0.0507. The van der Waals surface area contributed by atoms with Crippen LogP contribution >= 0.6 is 0 Å². The maximum atomic E-state index is 12.7. The van der Waals surface area contributed by atoms with Gasteiger partial charge in [0.2, 0.25) is 5.56 Å². The molecule has 0 saturated heterocycles. The van der Waals surface area contributed by atoms with Crippen molar-refractivity contribution in [2.75, 3.05) is 6.61 Å². The number of esters is 1. The van der Waals surface area contributed by atoms with Crippen LogP contribution < -0.4 is 5.56 Å². The molecule has 0 spiro atoms. The first-order valence-electron chi connectivity index (χ1n) is 4.63. The lowest BCUT2D eigenvalue weighted by Crippen LogP contribution is -2.19. The lowest BCUT2D eigenvalue weighted by Gasteiger charge is -2.08. The molecule has 0 saturated carbocycles. The molecule has 1 rings (SSSR count). The predicted molar refractivity (Wildman–Crippen MR) is 52.7 cm³/mol. The Morgan fingerprint density at radius 1 is 1.65 bits per heavy atom. The van der Waals surface area contributed by atoms with Crippen molar-refractivity contribution in [1.29, 1.82) is 5.26 Å². The molecule has 1 aromatic heterocycles. The van der Waals surface area contributed by atoms with Gasteiger partial charge in [0.25, 0.3) is 6.43 Å². The van der Waals surface area contributed by atoms with E-state index in [0.717, 1.165) is 0 Å². The van der Waals surface area contributed by atoms with Gasteiger partial charge in [-0.1, -0.05) is 0 Å². The molecule has 0 aliphatic heterocycles. The molecule has 1 heterocycles. The molecule has 5 nitrogen and oxygen atoms in total. The summed E-state index contributed by atoms with van der Waals surface area (Å²) in [5.41, 5.74) is -2.84. The summed E-state index contributed by atoms with van der Waals surface area (Å²) in [6.07, 6.45) is -3.05. The van der Waals surface area contributed by atoms with Gasteiger partial charge in [-0.25, -0.2) is 13.6 Å². The van der Waals surface area contributed by atoms with Gasteiger partial charge in [-0.2, -0.15) is 5.26 Å². The molecule has 90 valence electrons. The first-order chi connectivity index (χ1) is 8.01. The lowest BCUT2D eigenvalue weighted by atomic mass is 10.1. The molecule has 17 heavy (non-hydrogen) atoms. The minimum Gasteiger partial charge on any atom is -0.461 e. The number of carbonyl (C=O) groups excluding carboxylic acids is 1. The molecule has 0 aromatic carbocycles. The van der Waals surface area contributed by atoms with Gasteiger partial charge in [0.1, 0.15) is 5.69 Å². The third kappa shape index (κ3) is 2.66. The maximum Gasteiger partial charge on any atom is 0.355 e. The summed E-state index contributed by atoms with van der Waals surface area (Å²) in [7, 11) is 0. The fourth-order valence-corrected chi connectivity index (χ4v) is 1.25. The minimum atomic E-state index is -3.05. The Bertz CT molecular complexity index is 531. The zero-order valence-corrected chi connectivity index (χ0v) is 8.79. The molecule has 0 amide bonds. The Morgan fingerprint density at radius 2 is 2.29 bits per heavy atom. The van der Waals surface area contributed by atoms with E-state index < -0.39 is 34.8 Å². The van der Waals surface area contributed by atoms with Crippen molar-refractivity contribution in [2.24, 2.45) is 0 Å². The normalized spacial score (nSPS) is 10.1. The van der Waals surface area contributed by atoms with Crippen LogP contribution in [0, 0.1) is 11.3 Å². The summed E-state index contributed by atoms with van der Waals surface area (Å²) in [5.74, 6) is -1.09. The van der Waals surface area contributed by atoms with E-state index in [0.29, 0.717) is 6.07 Å². The Labute approximate surface area is 94.6 Å². The summed E-state index contributed by atoms with van der Waals surface area (Å²) in [6.45, 7) is 1.46. The molecule has 7 heteroatoms. The third-order valence-electron chi connectivity index (χ3n) is 1.90. The van der Waals surface area contributed by atoms with Crippen LogP contribution in [0.3, 0.4) is 0 Å². The Hall–Kier alpha value is -2.23. The molecule has 0 atom stereocenters. The average molecular weight is 242 g/mol. The van der Waals surface area contributed by atoms with Crippen molar-refractivity contribution in [3.63, 3.8) is 0 Å². The number of carbonyl (C=O) groups is 1. The van der Waals surface area contributed by atoms with Gasteiger partial charge in [-0.05, 0) is 6.92 Å². The number of alkyl halides is 2. The highest BCUT2D eigenvalue weighted by Crippen LogP contribution is 2.24. The van der Waals surface area contributed by atoms with E-state index in [2.05, 4.69) is 4.74 Å². The maximum absolute atomic E-state index is 12.7. The number of nitriles is 1. The van der Waals surface area contributed by atoms with Crippen molar-refractivity contribution in [3.8, 4) is 6.07 Å². The highest BCUT2D eigenvalue weighted by Gasteiger charge is 2.24. The van der Waals surface area contributed by atoms with Crippen LogP contribution in [-0.2, 0) is 4.74 Å². The predicted octanol–water partition coefficient (Wildman–Crippen LogP) is 1.36. The second kappa shape index (κ2) is 5.21. The van der Waals surface area contributed by atoms with Crippen LogP contribution in [0.5, 0.6) is 0 Å². The topological polar surface area (TPSA) is 83.0 Å². The standard InChI is InChI=1S/C10H8F2N2O3/c1-2-17-10(16)8-7(9(11)12)5(4-13)3-6(15)14-8/h3,9H,2H2,1H3,(H,14,15). The molecular weight excluding hydrogens is 234 g/mol. The van der Waals surface area contributed by atoms with Crippen molar-refractivity contribution < 1.29 is 18.3 Å². The van der Waals surface area contributed by atoms with E-state index in [-0.39, 0.29) is 6.61 Å². The van der Waals surface area contributed by atoms with E-state index in [1.807, 2.05) is 4.98 Å². The molecule has 1 N–H and O–H groups in total. The number of H-pyrrole nitrogens is 1. The number of nitrogens with one attached hydrogen (secondary N) is 1. The summed E-state index contributed by atoms with van der Waals surface area (Å²) in [5, 5.41) is 8.64. The van der Waals surface area contributed by atoms with Crippen molar-refractivity contribution in [2.45, 2.75) is 13.3 Å². The minimum absolute atomic E-state index is 0.0275. The van der Waals surface area contributed by atoms with Gasteiger partial charge in [-0.15, -0.1) is 0 Å². The molecule has 0 unspecified atom stereocenters. The number of nitrogens with zero attached hydrogens (tertiary/aromatic N) is 1. The highest BCUT2D eigenvalue weighted by atomic mass is 19.3. The van der Waals surface area contributed by atoms with Gasteiger partial charge >= 0.3 is 5.97 Å². The van der Waals surface area contributed by atoms with E-state index in [1.54, 1.807) is 0 Å². The van der Waals surface area contributed by atoms with Gasteiger partial charge in [0.15, 0.2) is 0 Å². The molecule has 0 radical (unpaired) electrons. The fourth-order valence-electron chi connectivity index (χ4n) is 1.25. The van der Waals surface area contributed by atoms with E-state index >= 15 is 0 Å². The molecule has 0 bridgehead atoms. The van der Waals surface area contributed by atoms with E-state index in [9.17, 15) is 18.4 Å². The van der Waals surface area contributed by atoms with E-state index in [1.165, 1.54) is 13.0 Å². The number of aromatic nitrogens is 1. The number of rotatable bonds is 3. The zero-order valence-electron chi connectivity index (χ0n) is 8.79. The summed E-state index contributed by atoms with van der Waals surface area (Å²) >= 11 is 0. The van der Waals surface area contributed by atoms with Crippen LogP contribution in [0.4, 0.5) is 8.78 Å². The van der Waals surface area contributed by atoms with Gasteiger partial charge in [-0.3, -0.25) is 4.79 Å². The van der Waals surface area contributed by atoms with Gasteiger partial charge in [0.05, 0.1) is 23.8 Å². The second-order valence-corrected chi connectivity index (χ2v) is 2.97. The second-order valence-electron chi connectivity index (χ2n) is 2.97. The number of hydrogen-bond donors (Lipinski definition) is 1. The molecule has 0 fully saturated rings. The zero-order chi connectivity index (χ0) is 13.0. The van der Waals surface area contributed by atoms with Crippen molar-refractivity contribution in [3.05, 3.63) is 33.2 Å². The monoisotopic (exact) mass is 242 g/mol. The highest BCUT2D eigenvalue weighted by molar-refractivity contribution is 5.89. The van der Waals surface area contributed by atoms with E-state index in [4.69, 9.17) is 5.26 Å². The fraction of sp³-hybridized carbons (Fsp3) is 0.300. The average Bonchev–Trinajstić information content (AvgIpc) is 2.27. The number of ether oxygens (including phenoxy) is 1. The Balaban J connectivity index is 3.47. The summed E-state index contributed by atoms with van der Waals surface area (Å²) in [6, 6.07) is 2.16. The SMILES string of the molecule is CCOC(=O)c1[nH]c(=O)cc(C#N)c1C(F)F. The quantitative estimate of drug-likeness (QED) is 0.811. The van der Waals surface area contributed by atoms with Crippen LogP contribution in [0.25, 0.3) is 0 Å². The summed E-state index contributed by atoms with van der Waals surface area (Å²) in [4.78, 5) is 24.4. The number of hydrogen-bond acceptors (Lipinski definition) is 4. The van der Waals surface area contributed by atoms with Gasteiger partial charge < -0.3 is 9.72 Å². The molecule has 1 aromatic rings. The largest absolute Gasteiger partial charge is 0.461 e. The molecule has 0 aliphatic rings. The first-order valence-corrected chi connectivity index (χ1v) is 4.63. The van der Waals surface area contributed by atoms with Crippen molar-refractivity contribution >= 4 is 5.97 Å². The Morgan fingerprint density at radius 3 is 2.76 bits per heavy atom. The van der Waals surface area contributed by atoms with Gasteiger partial charge in [0, 0.05) is 6.07 Å². The molecular formula is C10H8F2N2O3. The van der Waals surface area contributed by atoms with Crippen LogP contribution in [0.2, 0.25) is 0 Å². The number of pyridine rings is 1. The van der Waals surface area contributed by atoms with Crippen LogP contribution in [-0.4, -0.2) is 17.6 Å². The first kappa shape index (κ1) is 12.8.